The minimum absolute atomic E-state index is 0.165. The Morgan fingerprint density at radius 2 is 1.88 bits per heavy atom. The highest BCUT2D eigenvalue weighted by Crippen LogP contribution is 2.16. The summed E-state index contributed by atoms with van der Waals surface area (Å²) in [4.78, 5) is 23.8. The lowest BCUT2D eigenvalue weighted by molar-refractivity contribution is -0.124. The average Bonchev–Trinajstić information content (AvgIpc) is 2.55. The van der Waals surface area contributed by atoms with Gasteiger partial charge in [-0.05, 0) is 55.7 Å². The molecule has 1 amide bonds. The number of halogens is 1. The fourth-order valence-electron chi connectivity index (χ4n) is 2.23. The van der Waals surface area contributed by atoms with Crippen molar-refractivity contribution < 1.29 is 14.3 Å². The van der Waals surface area contributed by atoms with Crippen molar-refractivity contribution in [2.24, 2.45) is 0 Å². The zero-order valence-electron chi connectivity index (χ0n) is 13.9. The first-order valence-electron chi connectivity index (χ1n) is 7.66. The molecule has 0 aromatic heterocycles. The zero-order valence-corrected chi connectivity index (χ0v) is 14.7. The van der Waals surface area contributed by atoms with Gasteiger partial charge in [-0.25, -0.2) is 4.79 Å². The van der Waals surface area contributed by atoms with Crippen molar-refractivity contribution in [2.45, 2.75) is 26.8 Å². The maximum Gasteiger partial charge on any atom is 0.338 e. The third-order valence-electron chi connectivity index (χ3n) is 3.80. The Morgan fingerprint density at radius 3 is 2.54 bits per heavy atom. The number of carbonyl (C=O) groups excluding carboxylic acids is 2. The predicted octanol–water partition coefficient (Wildman–Crippen LogP) is 3.99. The smallest absolute Gasteiger partial charge is 0.338 e. The molecule has 2 aromatic rings. The molecule has 0 aliphatic rings. The number of esters is 1. The Balaban J connectivity index is 1.88. The summed E-state index contributed by atoms with van der Waals surface area (Å²) in [7, 11) is 0. The molecule has 0 bridgehead atoms. The van der Waals surface area contributed by atoms with Gasteiger partial charge < -0.3 is 10.1 Å². The van der Waals surface area contributed by atoms with Crippen LogP contribution in [0, 0.1) is 13.8 Å². The molecule has 0 heterocycles. The second-order valence-corrected chi connectivity index (χ2v) is 6.16. The molecule has 0 aliphatic heterocycles. The van der Waals surface area contributed by atoms with Crippen LogP contribution in [0.2, 0.25) is 5.02 Å². The Kier molecular flexibility index (Phi) is 5.99. The summed E-state index contributed by atoms with van der Waals surface area (Å²) in [6, 6.07) is 12.3. The molecule has 5 heteroatoms. The number of rotatable bonds is 5. The van der Waals surface area contributed by atoms with Gasteiger partial charge in [0.15, 0.2) is 6.61 Å². The molecule has 0 saturated heterocycles. The van der Waals surface area contributed by atoms with Crippen LogP contribution in [0.5, 0.6) is 0 Å². The SMILES string of the molecule is Cc1ccc([C@H](C)NC(=O)COC(=O)c2cccc(Cl)c2)cc1C. The summed E-state index contributed by atoms with van der Waals surface area (Å²) < 4.78 is 5.01. The fraction of sp³-hybridized carbons (Fsp3) is 0.263. The molecule has 126 valence electrons. The first kappa shape index (κ1) is 18.0. The quantitative estimate of drug-likeness (QED) is 0.833. The lowest BCUT2D eigenvalue weighted by Crippen LogP contribution is -2.31. The van der Waals surface area contributed by atoms with Crippen LogP contribution in [-0.2, 0) is 9.53 Å². The second-order valence-electron chi connectivity index (χ2n) is 5.72. The van der Waals surface area contributed by atoms with Crippen LogP contribution in [0.25, 0.3) is 0 Å². The van der Waals surface area contributed by atoms with Crippen molar-refractivity contribution in [3.05, 3.63) is 69.7 Å². The van der Waals surface area contributed by atoms with Crippen LogP contribution in [0.3, 0.4) is 0 Å². The molecule has 1 atom stereocenters. The van der Waals surface area contributed by atoms with E-state index >= 15 is 0 Å². The molecule has 1 N–H and O–H groups in total. The molecule has 2 rings (SSSR count). The van der Waals surface area contributed by atoms with Crippen molar-refractivity contribution in [2.75, 3.05) is 6.61 Å². The van der Waals surface area contributed by atoms with Gasteiger partial charge in [-0.15, -0.1) is 0 Å². The predicted molar refractivity (Wildman–Crippen MR) is 94.2 cm³/mol. The standard InChI is InChI=1S/C19H20ClNO3/c1-12-7-8-15(9-13(12)2)14(3)21-18(22)11-24-19(23)16-5-4-6-17(20)10-16/h4-10,14H,11H2,1-3H3,(H,21,22)/t14-/m0/s1. The minimum Gasteiger partial charge on any atom is -0.452 e. The van der Waals surface area contributed by atoms with E-state index in [1.165, 1.54) is 17.2 Å². The van der Waals surface area contributed by atoms with Crippen molar-refractivity contribution in [3.8, 4) is 0 Å². The lowest BCUT2D eigenvalue weighted by atomic mass is 10.0. The van der Waals surface area contributed by atoms with Crippen LogP contribution in [0.1, 0.15) is 40.0 Å². The van der Waals surface area contributed by atoms with E-state index in [1.54, 1.807) is 18.2 Å². The molecule has 0 aliphatic carbocycles. The van der Waals surface area contributed by atoms with Crippen molar-refractivity contribution in [1.82, 2.24) is 5.32 Å². The molecule has 0 radical (unpaired) electrons. The van der Waals surface area contributed by atoms with E-state index in [-0.39, 0.29) is 18.6 Å². The summed E-state index contributed by atoms with van der Waals surface area (Å²) in [6.45, 7) is 5.62. The van der Waals surface area contributed by atoms with Crippen LogP contribution in [-0.4, -0.2) is 18.5 Å². The highest BCUT2D eigenvalue weighted by molar-refractivity contribution is 6.30. The minimum atomic E-state index is -0.577. The molecule has 0 saturated carbocycles. The van der Waals surface area contributed by atoms with Crippen molar-refractivity contribution in [1.29, 1.82) is 0 Å². The Hall–Kier alpha value is -2.33. The van der Waals surface area contributed by atoms with E-state index < -0.39 is 5.97 Å². The maximum atomic E-state index is 12.0. The maximum absolute atomic E-state index is 12.0. The summed E-state index contributed by atoms with van der Waals surface area (Å²) in [5.74, 6) is -0.928. The number of hydrogen-bond donors (Lipinski definition) is 1. The fourth-order valence-corrected chi connectivity index (χ4v) is 2.42. The number of amides is 1. The van der Waals surface area contributed by atoms with E-state index in [2.05, 4.69) is 5.32 Å². The largest absolute Gasteiger partial charge is 0.452 e. The molecule has 0 unspecified atom stereocenters. The van der Waals surface area contributed by atoms with E-state index in [0.717, 1.165) is 5.56 Å². The Morgan fingerprint density at radius 1 is 1.12 bits per heavy atom. The molecule has 0 fully saturated rings. The Labute approximate surface area is 146 Å². The molecular weight excluding hydrogens is 326 g/mol. The van der Waals surface area contributed by atoms with E-state index in [0.29, 0.717) is 10.6 Å². The van der Waals surface area contributed by atoms with E-state index in [1.807, 2.05) is 39.0 Å². The highest BCUT2D eigenvalue weighted by Gasteiger charge is 2.13. The average molecular weight is 346 g/mol. The van der Waals surface area contributed by atoms with Gasteiger partial charge in [-0.3, -0.25) is 4.79 Å². The third kappa shape index (κ3) is 4.83. The second kappa shape index (κ2) is 7.97. The summed E-state index contributed by atoms with van der Waals surface area (Å²) >= 11 is 5.83. The number of nitrogens with one attached hydrogen (secondary N) is 1. The topological polar surface area (TPSA) is 55.4 Å². The van der Waals surface area contributed by atoms with Gasteiger partial charge in [0, 0.05) is 5.02 Å². The summed E-state index contributed by atoms with van der Waals surface area (Å²) in [6.07, 6.45) is 0. The van der Waals surface area contributed by atoms with Gasteiger partial charge in [-0.1, -0.05) is 35.9 Å². The van der Waals surface area contributed by atoms with Gasteiger partial charge in [-0.2, -0.15) is 0 Å². The van der Waals surface area contributed by atoms with Gasteiger partial charge in [0.25, 0.3) is 5.91 Å². The molecule has 24 heavy (non-hydrogen) atoms. The zero-order chi connectivity index (χ0) is 17.7. The number of ether oxygens (including phenoxy) is 1. The number of hydrogen-bond acceptors (Lipinski definition) is 3. The third-order valence-corrected chi connectivity index (χ3v) is 4.04. The van der Waals surface area contributed by atoms with Crippen LogP contribution in [0.15, 0.2) is 42.5 Å². The van der Waals surface area contributed by atoms with Gasteiger partial charge >= 0.3 is 5.97 Å². The molecule has 0 spiro atoms. The lowest BCUT2D eigenvalue weighted by Gasteiger charge is -2.15. The number of carbonyl (C=O) groups is 2. The summed E-state index contributed by atoms with van der Waals surface area (Å²) in [5.41, 5.74) is 3.69. The first-order chi connectivity index (χ1) is 11.4. The first-order valence-corrected chi connectivity index (χ1v) is 8.04. The normalized spacial score (nSPS) is 11.7. The van der Waals surface area contributed by atoms with Crippen LogP contribution >= 0.6 is 11.6 Å². The summed E-state index contributed by atoms with van der Waals surface area (Å²) in [5, 5.41) is 3.26. The molecule has 4 nitrogen and oxygen atoms in total. The molecule has 2 aromatic carbocycles. The van der Waals surface area contributed by atoms with Crippen molar-refractivity contribution in [3.63, 3.8) is 0 Å². The van der Waals surface area contributed by atoms with E-state index in [4.69, 9.17) is 16.3 Å². The van der Waals surface area contributed by atoms with Gasteiger partial charge in [0.2, 0.25) is 0 Å². The van der Waals surface area contributed by atoms with Crippen LogP contribution < -0.4 is 5.32 Å². The monoisotopic (exact) mass is 345 g/mol. The number of benzene rings is 2. The van der Waals surface area contributed by atoms with E-state index in [9.17, 15) is 9.59 Å². The Bertz CT molecular complexity index is 758. The molecular formula is C19H20ClNO3. The van der Waals surface area contributed by atoms with Crippen molar-refractivity contribution >= 4 is 23.5 Å². The van der Waals surface area contributed by atoms with Gasteiger partial charge in [0.1, 0.15) is 0 Å². The van der Waals surface area contributed by atoms with Crippen LogP contribution in [0.4, 0.5) is 0 Å². The highest BCUT2D eigenvalue weighted by atomic mass is 35.5. The van der Waals surface area contributed by atoms with Gasteiger partial charge in [0.05, 0.1) is 11.6 Å². The number of aryl methyl sites for hydroxylation is 2.